The van der Waals surface area contributed by atoms with Crippen LogP contribution in [0.5, 0.6) is 0 Å². The number of fused-ring (bicyclic) bond motifs is 2. The lowest BCUT2D eigenvalue weighted by Crippen LogP contribution is -2.52. The minimum Gasteiger partial charge on any atom is -0.389 e. The quantitative estimate of drug-likeness (QED) is 0.647. The van der Waals surface area contributed by atoms with Gasteiger partial charge < -0.3 is 10.5 Å². The van der Waals surface area contributed by atoms with E-state index in [1.165, 1.54) is 12.1 Å². The Balaban J connectivity index is 2.04. The van der Waals surface area contributed by atoms with Gasteiger partial charge in [-0.05, 0) is 31.0 Å². The molecule has 0 aliphatic carbocycles. The van der Waals surface area contributed by atoms with Crippen LogP contribution < -0.4 is 10.6 Å². The summed E-state index contributed by atoms with van der Waals surface area (Å²) >= 11 is 4.75. The summed E-state index contributed by atoms with van der Waals surface area (Å²) in [6, 6.07) is 3.82. The first kappa shape index (κ1) is 13.1. The zero-order valence-corrected chi connectivity index (χ0v) is 11.2. The maximum atomic E-state index is 13.6. The van der Waals surface area contributed by atoms with Crippen molar-refractivity contribution in [2.75, 3.05) is 4.90 Å². The third kappa shape index (κ3) is 1.90. The summed E-state index contributed by atoms with van der Waals surface area (Å²) < 4.78 is 18.9. The van der Waals surface area contributed by atoms with Crippen molar-refractivity contribution in [3.63, 3.8) is 0 Å². The van der Waals surface area contributed by atoms with Crippen LogP contribution in [0, 0.1) is 5.82 Å². The van der Waals surface area contributed by atoms with E-state index in [1.807, 2.05) is 0 Å². The second kappa shape index (κ2) is 4.60. The molecule has 2 aliphatic heterocycles. The Morgan fingerprint density at radius 2 is 1.90 bits per heavy atom. The van der Waals surface area contributed by atoms with Crippen molar-refractivity contribution in [1.29, 1.82) is 0 Å². The van der Waals surface area contributed by atoms with Gasteiger partial charge in [0, 0.05) is 5.56 Å². The SMILES string of the molecule is NC(=S)c1cc(N2C(=O)C3CCC(O3)C2=O)ccc1F. The van der Waals surface area contributed by atoms with Crippen LogP contribution in [0.1, 0.15) is 18.4 Å². The molecule has 2 unspecified atom stereocenters. The monoisotopic (exact) mass is 294 g/mol. The first-order valence-electron chi connectivity index (χ1n) is 6.11. The molecule has 20 heavy (non-hydrogen) atoms. The summed E-state index contributed by atoms with van der Waals surface area (Å²) in [4.78, 5) is 25.3. The van der Waals surface area contributed by atoms with Gasteiger partial charge in [0.2, 0.25) is 0 Å². The van der Waals surface area contributed by atoms with Gasteiger partial charge in [0.15, 0.2) is 0 Å². The number of amides is 2. The second-order valence-electron chi connectivity index (χ2n) is 4.73. The Labute approximate surface area is 119 Å². The molecular weight excluding hydrogens is 283 g/mol. The van der Waals surface area contributed by atoms with Crippen LogP contribution >= 0.6 is 12.2 Å². The van der Waals surface area contributed by atoms with E-state index < -0.39 is 29.8 Å². The van der Waals surface area contributed by atoms with E-state index in [9.17, 15) is 14.0 Å². The highest BCUT2D eigenvalue weighted by Crippen LogP contribution is 2.32. The smallest absolute Gasteiger partial charge is 0.262 e. The number of benzene rings is 1. The highest BCUT2D eigenvalue weighted by molar-refractivity contribution is 7.80. The van der Waals surface area contributed by atoms with Crippen LogP contribution in [0.3, 0.4) is 0 Å². The predicted molar refractivity (Wildman–Crippen MR) is 72.7 cm³/mol. The molecule has 104 valence electrons. The summed E-state index contributed by atoms with van der Waals surface area (Å²) in [6.45, 7) is 0. The molecule has 2 fully saturated rings. The van der Waals surface area contributed by atoms with Crippen LogP contribution in [-0.2, 0) is 14.3 Å². The highest BCUT2D eigenvalue weighted by Gasteiger charge is 2.47. The molecule has 0 radical (unpaired) electrons. The Morgan fingerprint density at radius 1 is 1.30 bits per heavy atom. The maximum Gasteiger partial charge on any atom is 0.262 e. The molecule has 0 saturated carbocycles. The molecule has 0 spiro atoms. The molecule has 2 saturated heterocycles. The fraction of sp³-hybridized carbons (Fsp3) is 0.308. The third-order valence-electron chi connectivity index (χ3n) is 3.48. The van der Waals surface area contributed by atoms with E-state index in [0.29, 0.717) is 12.8 Å². The molecule has 2 amide bonds. The number of nitrogens with zero attached hydrogens (tertiary/aromatic N) is 1. The molecule has 7 heteroatoms. The number of carbonyl (C=O) groups excluding carboxylic acids is 2. The van der Waals surface area contributed by atoms with E-state index in [1.54, 1.807) is 0 Å². The molecule has 2 atom stereocenters. The van der Waals surface area contributed by atoms with Crippen molar-refractivity contribution >= 4 is 34.7 Å². The fourth-order valence-corrected chi connectivity index (χ4v) is 2.65. The van der Waals surface area contributed by atoms with Crippen molar-refractivity contribution in [3.8, 4) is 0 Å². The Kier molecular flexibility index (Phi) is 3.02. The number of hydrogen-bond donors (Lipinski definition) is 1. The average molecular weight is 294 g/mol. The normalized spacial score (nSPS) is 25.1. The summed E-state index contributed by atoms with van der Waals surface area (Å²) in [5.41, 5.74) is 5.71. The lowest BCUT2D eigenvalue weighted by atomic mass is 10.1. The maximum absolute atomic E-state index is 13.6. The van der Waals surface area contributed by atoms with Crippen molar-refractivity contribution in [2.45, 2.75) is 25.0 Å². The topological polar surface area (TPSA) is 72.6 Å². The van der Waals surface area contributed by atoms with E-state index in [2.05, 4.69) is 0 Å². The van der Waals surface area contributed by atoms with Gasteiger partial charge in [-0.1, -0.05) is 12.2 Å². The Bertz CT molecular complexity index is 612. The number of imide groups is 1. The molecule has 3 rings (SSSR count). The molecule has 2 heterocycles. The fourth-order valence-electron chi connectivity index (χ4n) is 2.49. The zero-order valence-electron chi connectivity index (χ0n) is 10.3. The molecule has 5 nitrogen and oxygen atoms in total. The zero-order chi connectivity index (χ0) is 14.4. The van der Waals surface area contributed by atoms with Gasteiger partial charge in [0.25, 0.3) is 11.8 Å². The largest absolute Gasteiger partial charge is 0.389 e. The van der Waals surface area contributed by atoms with Gasteiger partial charge in [-0.15, -0.1) is 0 Å². The number of ether oxygens (including phenoxy) is 1. The number of nitrogens with two attached hydrogens (primary N) is 1. The number of carbonyl (C=O) groups is 2. The van der Waals surface area contributed by atoms with Crippen molar-refractivity contribution in [1.82, 2.24) is 0 Å². The molecule has 0 aromatic heterocycles. The number of halogens is 1. The van der Waals surface area contributed by atoms with E-state index >= 15 is 0 Å². The lowest BCUT2D eigenvalue weighted by molar-refractivity contribution is -0.146. The summed E-state index contributed by atoms with van der Waals surface area (Å²) in [7, 11) is 0. The number of hydrogen-bond acceptors (Lipinski definition) is 4. The molecule has 1 aromatic rings. The molecule has 2 aliphatic rings. The van der Waals surface area contributed by atoms with Crippen molar-refractivity contribution in [3.05, 3.63) is 29.6 Å². The van der Waals surface area contributed by atoms with Gasteiger partial charge in [-0.2, -0.15) is 0 Å². The molecule has 2 bridgehead atoms. The summed E-state index contributed by atoms with van der Waals surface area (Å²) in [6.07, 6.45) is -0.156. The molecule has 1 aromatic carbocycles. The van der Waals surface area contributed by atoms with Crippen LogP contribution in [0.4, 0.5) is 10.1 Å². The van der Waals surface area contributed by atoms with Gasteiger partial charge in [-0.3, -0.25) is 9.59 Å². The number of rotatable bonds is 2. The van der Waals surface area contributed by atoms with Gasteiger partial charge >= 0.3 is 0 Å². The Morgan fingerprint density at radius 3 is 2.45 bits per heavy atom. The lowest BCUT2D eigenvalue weighted by Gasteiger charge is -2.30. The standard InChI is InChI=1S/C13H11FN2O3S/c14-8-2-1-6(5-7(8)11(15)20)16-12(17)9-3-4-10(19-9)13(16)18/h1-2,5,9-10H,3-4H2,(H2,15,20). The van der Waals surface area contributed by atoms with Gasteiger partial charge in [0.1, 0.15) is 23.0 Å². The number of anilines is 1. The minimum atomic E-state index is -0.601. The molecule has 2 N–H and O–H groups in total. The third-order valence-corrected chi connectivity index (χ3v) is 3.70. The molecular formula is C13H11FN2O3S. The van der Waals surface area contributed by atoms with E-state index in [4.69, 9.17) is 22.7 Å². The summed E-state index contributed by atoms with van der Waals surface area (Å²) in [5.74, 6) is -1.44. The van der Waals surface area contributed by atoms with Crippen LogP contribution in [0.25, 0.3) is 0 Å². The Hall–Kier alpha value is -1.86. The minimum absolute atomic E-state index is 0.0111. The van der Waals surface area contributed by atoms with Crippen LogP contribution in [0.2, 0.25) is 0 Å². The van der Waals surface area contributed by atoms with Gasteiger partial charge in [0.05, 0.1) is 5.69 Å². The van der Waals surface area contributed by atoms with Crippen LogP contribution in [0.15, 0.2) is 18.2 Å². The summed E-state index contributed by atoms with van der Waals surface area (Å²) in [5, 5.41) is 0. The van der Waals surface area contributed by atoms with E-state index in [-0.39, 0.29) is 16.2 Å². The second-order valence-corrected chi connectivity index (χ2v) is 5.17. The van der Waals surface area contributed by atoms with Crippen molar-refractivity contribution < 1.29 is 18.7 Å². The van der Waals surface area contributed by atoms with E-state index in [0.717, 1.165) is 11.0 Å². The van der Waals surface area contributed by atoms with Crippen LogP contribution in [-0.4, -0.2) is 29.0 Å². The number of morpholine rings is 1. The average Bonchev–Trinajstić information content (AvgIpc) is 2.85. The van der Waals surface area contributed by atoms with Crippen molar-refractivity contribution in [2.24, 2.45) is 5.73 Å². The predicted octanol–water partition coefficient (Wildman–Crippen LogP) is 0.881. The first-order valence-corrected chi connectivity index (χ1v) is 6.52. The first-order chi connectivity index (χ1) is 9.49. The highest BCUT2D eigenvalue weighted by atomic mass is 32.1. The van der Waals surface area contributed by atoms with Gasteiger partial charge in [-0.25, -0.2) is 9.29 Å². The number of thiocarbonyl (C=S) groups is 1.